The smallest absolute Gasteiger partial charge is 0.407 e. The van der Waals surface area contributed by atoms with E-state index < -0.39 is 71.7 Å². The van der Waals surface area contributed by atoms with Crippen molar-refractivity contribution in [3.05, 3.63) is 61.6 Å². The first kappa shape index (κ1) is 30.2. The van der Waals surface area contributed by atoms with Gasteiger partial charge in [-0.25, -0.2) is 28.3 Å². The monoisotopic (exact) mass is 550 g/mol. The summed E-state index contributed by atoms with van der Waals surface area (Å²) in [5.74, 6) is -6.34. The van der Waals surface area contributed by atoms with E-state index in [1.165, 1.54) is 0 Å². The van der Waals surface area contributed by atoms with Gasteiger partial charge in [-0.15, -0.1) is 4.91 Å². The minimum atomic E-state index is -2.05. The second-order valence-corrected chi connectivity index (χ2v) is 8.22. The molecule has 0 spiro atoms. The molecule has 2 aromatic rings. The molecule has 0 radical (unpaired) electrons. The van der Waals surface area contributed by atoms with Crippen LogP contribution in [0.15, 0.2) is 45.1 Å². The maximum Gasteiger partial charge on any atom is 0.407 e. The van der Waals surface area contributed by atoms with Gasteiger partial charge >= 0.3 is 29.7 Å². The van der Waals surface area contributed by atoms with Gasteiger partial charge in [0.25, 0.3) is 5.56 Å². The highest BCUT2D eigenvalue weighted by Gasteiger charge is 2.33. The zero-order chi connectivity index (χ0) is 29.1. The topological polar surface area (TPSA) is 244 Å². The summed E-state index contributed by atoms with van der Waals surface area (Å²) < 4.78 is 5.18. The molecule has 1 amide bonds. The second kappa shape index (κ2) is 14.1. The van der Waals surface area contributed by atoms with Crippen molar-refractivity contribution in [3.63, 3.8) is 0 Å². The van der Waals surface area contributed by atoms with Crippen LogP contribution in [0.25, 0.3) is 0 Å². The molecule has 2 unspecified atom stereocenters. The third kappa shape index (κ3) is 7.98. The van der Waals surface area contributed by atoms with Crippen LogP contribution in [-0.4, -0.2) is 60.1 Å². The molecule has 5 N–H and O–H groups in total. The molecule has 2 atom stereocenters. The van der Waals surface area contributed by atoms with E-state index in [2.05, 4.69) is 10.5 Å². The Kier molecular flexibility index (Phi) is 10.9. The lowest BCUT2D eigenvalue weighted by Gasteiger charge is -2.21. The maximum absolute atomic E-state index is 13.1. The van der Waals surface area contributed by atoms with Crippen molar-refractivity contribution in [2.24, 2.45) is 5.18 Å². The van der Waals surface area contributed by atoms with E-state index in [-0.39, 0.29) is 41.5 Å². The molecule has 1 aromatic heterocycles. The van der Waals surface area contributed by atoms with Gasteiger partial charge < -0.3 is 30.5 Å². The van der Waals surface area contributed by atoms with Crippen molar-refractivity contribution in [1.82, 2.24) is 14.5 Å². The second-order valence-electron chi connectivity index (χ2n) is 8.22. The molecule has 0 bridgehead atoms. The van der Waals surface area contributed by atoms with Crippen LogP contribution in [0.5, 0.6) is 5.88 Å². The van der Waals surface area contributed by atoms with Crippen molar-refractivity contribution in [3.8, 4) is 5.88 Å². The van der Waals surface area contributed by atoms with Crippen LogP contribution in [0.2, 0.25) is 0 Å². The molecule has 1 heterocycles. The Morgan fingerprint density at radius 2 is 1.54 bits per heavy atom. The van der Waals surface area contributed by atoms with Crippen LogP contribution in [-0.2, 0) is 25.7 Å². The number of carboxylic acids is 3. The number of ether oxygens (including phenoxy) is 1. The Hall–Kier alpha value is -5.02. The molecule has 39 heavy (non-hydrogen) atoms. The summed E-state index contributed by atoms with van der Waals surface area (Å²) in [6.07, 6.45) is -2.39. The van der Waals surface area contributed by atoms with Gasteiger partial charge in [0, 0.05) is 13.0 Å². The fourth-order valence-electron chi connectivity index (χ4n) is 3.67. The van der Waals surface area contributed by atoms with Crippen molar-refractivity contribution in [2.75, 3.05) is 6.54 Å². The number of aliphatic carboxylic acids is 3. The quantitative estimate of drug-likeness (QED) is 0.156. The SMILES string of the molecule is O=Nc1c(O)n(C(CCC(=O)O)C(=O)O)c(=O)n(C(CCCCNC(=O)OCc2ccccc2)C(=O)O)c1=O. The summed E-state index contributed by atoms with van der Waals surface area (Å²) in [5.41, 5.74) is -3.71. The van der Waals surface area contributed by atoms with E-state index in [0.29, 0.717) is 0 Å². The van der Waals surface area contributed by atoms with Crippen molar-refractivity contribution in [2.45, 2.75) is 50.8 Å². The molecule has 2 rings (SSSR count). The molecular weight excluding hydrogens is 524 g/mol. The molecule has 0 fully saturated rings. The summed E-state index contributed by atoms with van der Waals surface area (Å²) in [4.78, 5) is 83.4. The summed E-state index contributed by atoms with van der Waals surface area (Å²) in [6, 6.07) is 4.91. The summed E-state index contributed by atoms with van der Waals surface area (Å²) >= 11 is 0. The Morgan fingerprint density at radius 1 is 0.923 bits per heavy atom. The predicted molar refractivity (Wildman–Crippen MR) is 131 cm³/mol. The molecule has 16 nitrogen and oxygen atoms in total. The van der Waals surface area contributed by atoms with Gasteiger partial charge in [0.2, 0.25) is 11.6 Å². The van der Waals surface area contributed by atoms with Crippen LogP contribution in [0, 0.1) is 4.91 Å². The molecule has 0 aliphatic carbocycles. The fraction of sp³-hybridized carbons (Fsp3) is 0.391. The lowest BCUT2D eigenvalue weighted by atomic mass is 10.1. The zero-order valence-corrected chi connectivity index (χ0v) is 20.4. The van der Waals surface area contributed by atoms with Crippen LogP contribution in [0.3, 0.4) is 0 Å². The lowest BCUT2D eigenvalue weighted by molar-refractivity contribution is -0.142. The number of aromatic nitrogens is 2. The number of aromatic hydroxyl groups is 1. The zero-order valence-electron chi connectivity index (χ0n) is 20.4. The molecule has 0 saturated heterocycles. The van der Waals surface area contributed by atoms with Crippen molar-refractivity contribution < 1.29 is 44.3 Å². The molecule has 1 aromatic carbocycles. The number of alkyl carbamates (subject to hydrolysis) is 1. The van der Waals surface area contributed by atoms with E-state index in [1.807, 2.05) is 0 Å². The third-order valence-electron chi connectivity index (χ3n) is 5.58. The molecule has 210 valence electrons. The van der Waals surface area contributed by atoms with Gasteiger partial charge in [0.1, 0.15) is 18.7 Å². The number of nitrogens with one attached hydrogen (secondary N) is 1. The summed E-state index contributed by atoms with van der Waals surface area (Å²) in [5, 5.41) is 43.1. The standard InChI is InChI=1S/C23H26N4O12/c28-16(29)10-9-15(21(34)35)27-19(31)17(25-38)18(30)26(23(27)37)14(20(32)33)8-4-5-11-24-22(36)39-12-13-6-2-1-3-7-13/h1-3,6-7,14-15,31H,4-5,8-12H2,(H,24,36)(H,28,29)(H,32,33)(H,34,35). The minimum Gasteiger partial charge on any atom is -0.493 e. The van der Waals surface area contributed by atoms with Gasteiger partial charge in [0.05, 0.1) is 0 Å². The number of nitrogens with zero attached hydrogens (tertiary/aromatic N) is 3. The molecule has 16 heteroatoms. The van der Waals surface area contributed by atoms with Crippen LogP contribution in [0.1, 0.15) is 49.8 Å². The van der Waals surface area contributed by atoms with Gasteiger partial charge in [-0.1, -0.05) is 30.3 Å². The maximum atomic E-state index is 13.1. The molecule has 0 saturated carbocycles. The minimum absolute atomic E-state index is 0.0285. The first-order chi connectivity index (χ1) is 18.5. The van der Waals surface area contributed by atoms with Gasteiger partial charge in [-0.2, -0.15) is 0 Å². The van der Waals surface area contributed by atoms with Crippen LogP contribution >= 0.6 is 0 Å². The van der Waals surface area contributed by atoms with E-state index in [1.54, 1.807) is 30.3 Å². The fourth-order valence-corrected chi connectivity index (χ4v) is 3.67. The van der Waals surface area contributed by atoms with E-state index in [0.717, 1.165) is 5.56 Å². The number of benzene rings is 1. The summed E-state index contributed by atoms with van der Waals surface area (Å²) in [7, 11) is 0. The first-order valence-electron chi connectivity index (χ1n) is 11.5. The number of carbonyl (C=O) groups is 4. The Bertz CT molecular complexity index is 1340. The third-order valence-corrected chi connectivity index (χ3v) is 5.58. The average Bonchev–Trinajstić information content (AvgIpc) is 2.88. The number of amides is 1. The Morgan fingerprint density at radius 3 is 2.10 bits per heavy atom. The molecule has 0 aliphatic rings. The van der Waals surface area contributed by atoms with Crippen LogP contribution in [0.4, 0.5) is 10.5 Å². The number of rotatable bonds is 15. The number of carboxylic acid groups (broad SMARTS) is 3. The predicted octanol–water partition coefficient (Wildman–Crippen LogP) is 1.33. The average molecular weight is 550 g/mol. The largest absolute Gasteiger partial charge is 0.493 e. The summed E-state index contributed by atoms with van der Waals surface area (Å²) in [6.45, 7) is 0.0762. The Balaban J connectivity index is 2.20. The number of nitroso groups, excluding NO2 is 1. The van der Waals surface area contributed by atoms with Gasteiger partial charge in [-0.05, 0) is 36.4 Å². The van der Waals surface area contributed by atoms with E-state index >= 15 is 0 Å². The van der Waals surface area contributed by atoms with Gasteiger partial charge in [0.15, 0.2) is 0 Å². The van der Waals surface area contributed by atoms with Crippen molar-refractivity contribution >= 4 is 29.7 Å². The van der Waals surface area contributed by atoms with E-state index in [9.17, 15) is 49.0 Å². The number of unbranched alkanes of at least 4 members (excludes halogenated alkanes) is 1. The van der Waals surface area contributed by atoms with Gasteiger partial charge in [-0.3, -0.25) is 9.59 Å². The van der Waals surface area contributed by atoms with Crippen LogP contribution < -0.4 is 16.6 Å². The first-order valence-corrected chi connectivity index (χ1v) is 11.5. The lowest BCUT2D eigenvalue weighted by Crippen LogP contribution is -2.46. The highest BCUT2D eigenvalue weighted by Crippen LogP contribution is 2.27. The number of carbonyl (C=O) groups excluding carboxylic acids is 1. The number of hydrogen-bond donors (Lipinski definition) is 5. The number of hydrogen-bond acceptors (Lipinski definition) is 10. The molecular formula is C23H26N4O12. The van der Waals surface area contributed by atoms with E-state index in [4.69, 9.17) is 9.84 Å². The highest BCUT2D eigenvalue weighted by molar-refractivity contribution is 5.75. The Labute approximate surface area is 219 Å². The highest BCUT2D eigenvalue weighted by atomic mass is 16.5. The molecule has 0 aliphatic heterocycles. The normalized spacial score (nSPS) is 12.2. The van der Waals surface area contributed by atoms with Crippen molar-refractivity contribution in [1.29, 1.82) is 0 Å².